The Labute approximate surface area is 118 Å². The summed E-state index contributed by atoms with van der Waals surface area (Å²) in [7, 11) is 0. The molecule has 0 aliphatic carbocycles. The van der Waals surface area contributed by atoms with E-state index in [4.69, 9.17) is 11.6 Å². The number of benzene rings is 1. The summed E-state index contributed by atoms with van der Waals surface area (Å²) in [5, 5.41) is 10.5. The normalized spacial score (nSPS) is 13.2. The molecule has 0 amide bonds. The van der Waals surface area contributed by atoms with E-state index in [1.807, 2.05) is 0 Å². The Morgan fingerprint density at radius 2 is 1.95 bits per heavy atom. The van der Waals surface area contributed by atoms with Gasteiger partial charge in [0.05, 0.1) is 17.4 Å². The van der Waals surface area contributed by atoms with Crippen molar-refractivity contribution in [3.05, 3.63) is 64.4 Å². The zero-order valence-corrected chi connectivity index (χ0v) is 11.0. The maximum absolute atomic E-state index is 12.4. The molecule has 2 aromatic rings. The number of rotatable bonds is 3. The molecule has 0 saturated carbocycles. The van der Waals surface area contributed by atoms with Crippen LogP contribution >= 0.6 is 11.6 Å². The summed E-state index contributed by atoms with van der Waals surface area (Å²) < 4.78 is 37.2. The van der Waals surface area contributed by atoms with Crippen molar-refractivity contribution >= 4 is 11.6 Å². The minimum Gasteiger partial charge on any atom is -0.386 e. The van der Waals surface area contributed by atoms with Gasteiger partial charge in [0.2, 0.25) is 0 Å². The largest absolute Gasteiger partial charge is 0.417 e. The standard InChI is InChI=1S/C14H11ClF3NO/c15-11-3-1-2-9(6-11)7-13(20)12-5-4-10(8-19-12)14(16,17)18/h1-6,8,13,20H,7H2. The minimum absolute atomic E-state index is 0.193. The monoisotopic (exact) mass is 301 g/mol. The van der Waals surface area contributed by atoms with E-state index in [-0.39, 0.29) is 12.1 Å². The van der Waals surface area contributed by atoms with Crippen molar-refractivity contribution in [2.75, 3.05) is 0 Å². The van der Waals surface area contributed by atoms with E-state index in [1.54, 1.807) is 24.3 Å². The summed E-state index contributed by atoms with van der Waals surface area (Å²) >= 11 is 5.82. The zero-order chi connectivity index (χ0) is 14.8. The Kier molecular flexibility index (Phi) is 4.30. The van der Waals surface area contributed by atoms with Crippen molar-refractivity contribution < 1.29 is 18.3 Å². The van der Waals surface area contributed by atoms with Crippen LogP contribution in [0.3, 0.4) is 0 Å². The van der Waals surface area contributed by atoms with Gasteiger partial charge in [-0.3, -0.25) is 4.98 Å². The van der Waals surface area contributed by atoms with Gasteiger partial charge in [-0.25, -0.2) is 0 Å². The van der Waals surface area contributed by atoms with Crippen LogP contribution in [0.2, 0.25) is 5.02 Å². The number of alkyl halides is 3. The molecule has 0 spiro atoms. The molecule has 6 heteroatoms. The molecule has 0 bridgehead atoms. The van der Waals surface area contributed by atoms with Gasteiger partial charge in [0.1, 0.15) is 0 Å². The molecule has 1 aromatic carbocycles. The smallest absolute Gasteiger partial charge is 0.386 e. The number of halogens is 4. The third kappa shape index (κ3) is 3.71. The molecule has 0 fully saturated rings. The van der Waals surface area contributed by atoms with Crippen molar-refractivity contribution in [1.82, 2.24) is 4.98 Å². The molecule has 1 aromatic heterocycles. The molecule has 2 rings (SSSR count). The first kappa shape index (κ1) is 14.8. The van der Waals surface area contributed by atoms with Gasteiger partial charge < -0.3 is 5.11 Å². The van der Waals surface area contributed by atoms with E-state index < -0.39 is 17.8 Å². The van der Waals surface area contributed by atoms with Gasteiger partial charge >= 0.3 is 6.18 Å². The number of pyridine rings is 1. The first-order valence-electron chi connectivity index (χ1n) is 5.82. The fourth-order valence-electron chi connectivity index (χ4n) is 1.76. The first-order chi connectivity index (χ1) is 9.36. The summed E-state index contributed by atoms with van der Waals surface area (Å²) in [6.07, 6.45) is -4.45. The molecule has 1 unspecified atom stereocenters. The number of aliphatic hydroxyl groups is 1. The molecule has 0 aliphatic heterocycles. The Bertz CT molecular complexity index is 584. The Morgan fingerprint density at radius 3 is 2.50 bits per heavy atom. The highest BCUT2D eigenvalue weighted by Gasteiger charge is 2.30. The SMILES string of the molecule is OC(Cc1cccc(Cl)c1)c1ccc(C(F)(F)F)cn1. The summed E-state index contributed by atoms with van der Waals surface area (Å²) in [6.45, 7) is 0. The van der Waals surface area contributed by atoms with Gasteiger partial charge in [-0.2, -0.15) is 13.2 Å². The Balaban J connectivity index is 2.11. The molecule has 20 heavy (non-hydrogen) atoms. The number of hydrogen-bond acceptors (Lipinski definition) is 2. The maximum atomic E-state index is 12.4. The van der Waals surface area contributed by atoms with Crippen LogP contribution in [0.1, 0.15) is 22.9 Å². The lowest BCUT2D eigenvalue weighted by molar-refractivity contribution is -0.137. The van der Waals surface area contributed by atoms with Crippen molar-refractivity contribution in [3.63, 3.8) is 0 Å². The third-order valence-corrected chi connectivity index (χ3v) is 3.01. The lowest BCUT2D eigenvalue weighted by atomic mass is 10.0. The molecule has 2 nitrogen and oxygen atoms in total. The van der Waals surface area contributed by atoms with Crippen LogP contribution in [0.25, 0.3) is 0 Å². The topological polar surface area (TPSA) is 33.1 Å². The summed E-state index contributed by atoms with van der Waals surface area (Å²) in [4.78, 5) is 3.66. The summed E-state index contributed by atoms with van der Waals surface area (Å²) in [5.41, 5.74) is 0.140. The predicted octanol–water partition coefficient (Wildman–Crippen LogP) is 4.03. The van der Waals surface area contributed by atoms with Crippen LogP contribution in [-0.4, -0.2) is 10.1 Å². The zero-order valence-electron chi connectivity index (χ0n) is 10.2. The van der Waals surface area contributed by atoms with Crippen LogP contribution in [0.15, 0.2) is 42.6 Å². The average Bonchev–Trinajstić information content (AvgIpc) is 2.38. The van der Waals surface area contributed by atoms with Crippen molar-refractivity contribution in [2.45, 2.75) is 18.7 Å². The second-order valence-corrected chi connectivity index (χ2v) is 4.76. The average molecular weight is 302 g/mol. The number of aliphatic hydroxyl groups excluding tert-OH is 1. The van der Waals surface area contributed by atoms with E-state index in [1.165, 1.54) is 6.07 Å². The summed E-state index contributed by atoms with van der Waals surface area (Å²) in [6, 6.07) is 8.99. The van der Waals surface area contributed by atoms with Gasteiger partial charge in [-0.15, -0.1) is 0 Å². The number of hydrogen-bond donors (Lipinski definition) is 1. The Morgan fingerprint density at radius 1 is 1.20 bits per heavy atom. The molecule has 0 radical (unpaired) electrons. The van der Waals surface area contributed by atoms with Crippen LogP contribution in [0.4, 0.5) is 13.2 Å². The van der Waals surface area contributed by atoms with Gasteiger partial charge in [0, 0.05) is 17.6 Å². The van der Waals surface area contributed by atoms with Crippen LogP contribution in [-0.2, 0) is 12.6 Å². The number of nitrogens with zero attached hydrogens (tertiary/aromatic N) is 1. The van der Waals surface area contributed by atoms with Gasteiger partial charge in [0.15, 0.2) is 0 Å². The van der Waals surface area contributed by atoms with Crippen LogP contribution in [0, 0.1) is 0 Å². The van der Waals surface area contributed by atoms with E-state index in [0.29, 0.717) is 5.02 Å². The van der Waals surface area contributed by atoms with Crippen LogP contribution < -0.4 is 0 Å². The molecule has 1 heterocycles. The number of aromatic nitrogens is 1. The van der Waals surface area contributed by atoms with Gasteiger partial charge in [-0.05, 0) is 29.8 Å². The quantitative estimate of drug-likeness (QED) is 0.928. The maximum Gasteiger partial charge on any atom is 0.417 e. The van der Waals surface area contributed by atoms with Crippen molar-refractivity contribution in [3.8, 4) is 0 Å². The van der Waals surface area contributed by atoms with Crippen molar-refractivity contribution in [2.24, 2.45) is 0 Å². The molecule has 1 N–H and O–H groups in total. The fraction of sp³-hybridized carbons (Fsp3) is 0.214. The molecular weight excluding hydrogens is 291 g/mol. The highest BCUT2D eigenvalue weighted by Crippen LogP contribution is 2.29. The second kappa shape index (κ2) is 5.81. The Hall–Kier alpha value is -1.59. The van der Waals surface area contributed by atoms with E-state index in [0.717, 1.165) is 17.8 Å². The highest BCUT2D eigenvalue weighted by molar-refractivity contribution is 6.30. The van der Waals surface area contributed by atoms with Gasteiger partial charge in [0.25, 0.3) is 0 Å². The molecule has 1 atom stereocenters. The van der Waals surface area contributed by atoms with E-state index in [2.05, 4.69) is 4.98 Å². The van der Waals surface area contributed by atoms with E-state index in [9.17, 15) is 18.3 Å². The van der Waals surface area contributed by atoms with Gasteiger partial charge in [-0.1, -0.05) is 23.7 Å². The minimum atomic E-state index is -4.43. The van der Waals surface area contributed by atoms with Crippen LogP contribution in [0.5, 0.6) is 0 Å². The highest BCUT2D eigenvalue weighted by atomic mass is 35.5. The predicted molar refractivity (Wildman–Crippen MR) is 69.4 cm³/mol. The lowest BCUT2D eigenvalue weighted by Crippen LogP contribution is -2.08. The lowest BCUT2D eigenvalue weighted by Gasteiger charge is -2.12. The second-order valence-electron chi connectivity index (χ2n) is 4.32. The molecule has 0 saturated heterocycles. The fourth-order valence-corrected chi connectivity index (χ4v) is 1.97. The summed E-state index contributed by atoms with van der Waals surface area (Å²) in [5.74, 6) is 0. The third-order valence-electron chi connectivity index (χ3n) is 2.77. The first-order valence-corrected chi connectivity index (χ1v) is 6.20. The van der Waals surface area contributed by atoms with E-state index >= 15 is 0 Å². The molecule has 0 aliphatic rings. The van der Waals surface area contributed by atoms with Crippen molar-refractivity contribution in [1.29, 1.82) is 0 Å². The molecule has 106 valence electrons. The molecular formula is C14H11ClF3NO.